The Labute approximate surface area is 119 Å². The van der Waals surface area contributed by atoms with Gasteiger partial charge in [0.1, 0.15) is 0 Å². The van der Waals surface area contributed by atoms with Crippen LogP contribution in [0.15, 0.2) is 0 Å². The molecule has 0 aromatic rings. The lowest BCUT2D eigenvalue weighted by Crippen LogP contribution is -2.60. The molecule has 2 aliphatic carbocycles. The summed E-state index contributed by atoms with van der Waals surface area (Å²) < 4.78 is 0. The van der Waals surface area contributed by atoms with Crippen molar-refractivity contribution in [3.05, 3.63) is 0 Å². The first-order chi connectivity index (χ1) is 8.97. The van der Waals surface area contributed by atoms with Crippen molar-refractivity contribution >= 4 is 0 Å². The van der Waals surface area contributed by atoms with Gasteiger partial charge < -0.3 is 10.4 Å². The third kappa shape index (κ3) is 3.72. The highest BCUT2D eigenvalue weighted by atomic mass is 16.3. The summed E-state index contributed by atoms with van der Waals surface area (Å²) in [7, 11) is 0. The van der Waals surface area contributed by atoms with E-state index in [1.807, 2.05) is 0 Å². The molecule has 0 aliphatic heterocycles. The van der Waals surface area contributed by atoms with Crippen molar-refractivity contribution in [2.75, 3.05) is 6.61 Å². The highest BCUT2D eigenvalue weighted by Crippen LogP contribution is 2.44. The molecule has 0 aromatic carbocycles. The van der Waals surface area contributed by atoms with Crippen molar-refractivity contribution in [2.45, 2.75) is 90.1 Å². The minimum atomic E-state index is -0.00940. The normalized spacial score (nSPS) is 36.9. The molecule has 2 heteroatoms. The maximum absolute atomic E-state index is 10.0. The molecular formula is C17H33NO. The van der Waals surface area contributed by atoms with Gasteiger partial charge in [0.2, 0.25) is 0 Å². The standard InChI is InChI=1S/C17H33NO/c1-14-12-16(2,3)10-11-17(14,13-19)18-15-8-6-4-5-7-9-15/h14-15,18-19H,4-13H2,1-3H3. The van der Waals surface area contributed by atoms with Gasteiger partial charge in [-0.1, -0.05) is 46.5 Å². The van der Waals surface area contributed by atoms with Crippen molar-refractivity contribution in [2.24, 2.45) is 11.3 Å². The highest BCUT2D eigenvalue weighted by Gasteiger charge is 2.44. The molecule has 2 N–H and O–H groups in total. The number of aliphatic hydroxyl groups is 1. The predicted octanol–water partition coefficient (Wildman–Crippen LogP) is 3.88. The van der Waals surface area contributed by atoms with Gasteiger partial charge in [-0.15, -0.1) is 0 Å². The van der Waals surface area contributed by atoms with Gasteiger partial charge in [0.05, 0.1) is 6.61 Å². The second-order valence-corrected chi connectivity index (χ2v) is 7.92. The Hall–Kier alpha value is -0.0800. The molecule has 0 spiro atoms. The fraction of sp³-hybridized carbons (Fsp3) is 1.00. The SMILES string of the molecule is CC1CC(C)(C)CCC1(CO)NC1CCCCCC1. The largest absolute Gasteiger partial charge is 0.394 e. The van der Waals surface area contributed by atoms with E-state index in [0.29, 0.717) is 24.0 Å². The number of aliphatic hydroxyl groups excluding tert-OH is 1. The van der Waals surface area contributed by atoms with Crippen molar-refractivity contribution in [3.8, 4) is 0 Å². The van der Waals surface area contributed by atoms with Crippen LogP contribution in [-0.2, 0) is 0 Å². The molecule has 0 amide bonds. The molecule has 0 bridgehead atoms. The molecule has 2 rings (SSSR count). The molecule has 0 radical (unpaired) electrons. The quantitative estimate of drug-likeness (QED) is 0.761. The van der Waals surface area contributed by atoms with Gasteiger partial charge in [-0.05, 0) is 43.4 Å². The molecule has 2 unspecified atom stereocenters. The van der Waals surface area contributed by atoms with Gasteiger partial charge in [-0.2, -0.15) is 0 Å². The van der Waals surface area contributed by atoms with Gasteiger partial charge in [-0.3, -0.25) is 0 Å². The number of rotatable bonds is 3. The Balaban J connectivity index is 2.01. The van der Waals surface area contributed by atoms with Gasteiger partial charge >= 0.3 is 0 Å². The zero-order chi connectivity index (χ0) is 13.9. The summed E-state index contributed by atoms with van der Waals surface area (Å²) in [6.07, 6.45) is 11.7. The van der Waals surface area contributed by atoms with Gasteiger partial charge in [-0.25, -0.2) is 0 Å². The Kier molecular flexibility index (Phi) is 4.94. The fourth-order valence-electron chi connectivity index (χ4n) is 4.26. The monoisotopic (exact) mass is 267 g/mol. The summed E-state index contributed by atoms with van der Waals surface area (Å²) in [4.78, 5) is 0. The van der Waals surface area contributed by atoms with Crippen LogP contribution in [0.25, 0.3) is 0 Å². The molecule has 2 saturated carbocycles. The minimum absolute atomic E-state index is 0.00940. The summed E-state index contributed by atoms with van der Waals surface area (Å²) in [5, 5.41) is 13.9. The van der Waals surface area contributed by atoms with Crippen molar-refractivity contribution in [1.82, 2.24) is 5.32 Å². The molecule has 0 saturated heterocycles. The third-order valence-electron chi connectivity index (χ3n) is 5.68. The van der Waals surface area contributed by atoms with E-state index in [2.05, 4.69) is 26.1 Å². The molecule has 112 valence electrons. The molecule has 2 fully saturated rings. The summed E-state index contributed by atoms with van der Waals surface area (Å²) in [6, 6.07) is 0.637. The van der Waals surface area contributed by atoms with Crippen LogP contribution >= 0.6 is 0 Å². The minimum Gasteiger partial charge on any atom is -0.394 e. The highest BCUT2D eigenvalue weighted by molar-refractivity contribution is 5.01. The van der Waals surface area contributed by atoms with Crippen molar-refractivity contribution in [1.29, 1.82) is 0 Å². The second kappa shape index (κ2) is 6.13. The Morgan fingerprint density at radius 3 is 2.21 bits per heavy atom. The van der Waals surface area contributed by atoms with E-state index in [1.165, 1.54) is 51.4 Å². The maximum atomic E-state index is 10.0. The Morgan fingerprint density at radius 1 is 1.05 bits per heavy atom. The first kappa shape index (κ1) is 15.3. The van der Waals surface area contributed by atoms with Crippen LogP contribution in [0.1, 0.15) is 78.6 Å². The van der Waals surface area contributed by atoms with E-state index >= 15 is 0 Å². The zero-order valence-electron chi connectivity index (χ0n) is 13.2. The fourth-order valence-corrected chi connectivity index (χ4v) is 4.26. The molecule has 19 heavy (non-hydrogen) atoms. The summed E-state index contributed by atoms with van der Waals surface area (Å²) >= 11 is 0. The Bertz CT molecular complexity index is 281. The van der Waals surface area contributed by atoms with E-state index in [-0.39, 0.29) is 5.54 Å². The lowest BCUT2D eigenvalue weighted by atomic mass is 9.64. The van der Waals surface area contributed by atoms with Gasteiger partial charge in [0, 0.05) is 11.6 Å². The lowest BCUT2D eigenvalue weighted by Gasteiger charge is -2.49. The molecule has 0 heterocycles. The molecule has 0 aromatic heterocycles. The van der Waals surface area contributed by atoms with Gasteiger partial charge in [0.15, 0.2) is 0 Å². The van der Waals surface area contributed by atoms with E-state index < -0.39 is 0 Å². The smallest absolute Gasteiger partial charge is 0.0616 e. The summed E-state index contributed by atoms with van der Waals surface area (Å²) in [5.41, 5.74) is 0.438. The first-order valence-electron chi connectivity index (χ1n) is 8.36. The van der Waals surface area contributed by atoms with Crippen LogP contribution in [0.3, 0.4) is 0 Å². The Morgan fingerprint density at radius 2 is 1.68 bits per heavy atom. The summed E-state index contributed by atoms with van der Waals surface area (Å²) in [5.74, 6) is 0.574. The van der Waals surface area contributed by atoms with E-state index in [0.717, 1.165) is 6.42 Å². The third-order valence-corrected chi connectivity index (χ3v) is 5.68. The average molecular weight is 267 g/mol. The second-order valence-electron chi connectivity index (χ2n) is 7.92. The molecular weight excluding hydrogens is 234 g/mol. The number of hydrogen-bond acceptors (Lipinski definition) is 2. The van der Waals surface area contributed by atoms with Crippen LogP contribution in [0.5, 0.6) is 0 Å². The maximum Gasteiger partial charge on any atom is 0.0616 e. The average Bonchev–Trinajstić information content (AvgIpc) is 2.61. The van der Waals surface area contributed by atoms with Crippen molar-refractivity contribution in [3.63, 3.8) is 0 Å². The predicted molar refractivity (Wildman–Crippen MR) is 81.2 cm³/mol. The van der Waals surface area contributed by atoms with Crippen LogP contribution in [0.2, 0.25) is 0 Å². The topological polar surface area (TPSA) is 32.3 Å². The lowest BCUT2D eigenvalue weighted by molar-refractivity contribution is 0.0183. The van der Waals surface area contributed by atoms with Crippen LogP contribution < -0.4 is 5.32 Å². The van der Waals surface area contributed by atoms with Crippen LogP contribution in [0.4, 0.5) is 0 Å². The summed E-state index contributed by atoms with van der Waals surface area (Å²) in [6.45, 7) is 7.38. The van der Waals surface area contributed by atoms with Crippen LogP contribution in [0, 0.1) is 11.3 Å². The molecule has 2 aliphatic rings. The molecule has 2 nitrogen and oxygen atoms in total. The van der Waals surface area contributed by atoms with Gasteiger partial charge in [0.25, 0.3) is 0 Å². The van der Waals surface area contributed by atoms with Crippen molar-refractivity contribution < 1.29 is 5.11 Å². The van der Waals surface area contributed by atoms with E-state index in [1.54, 1.807) is 0 Å². The van der Waals surface area contributed by atoms with E-state index in [4.69, 9.17) is 0 Å². The van der Waals surface area contributed by atoms with Crippen LogP contribution in [-0.4, -0.2) is 23.3 Å². The first-order valence-corrected chi connectivity index (χ1v) is 8.36. The van der Waals surface area contributed by atoms with E-state index in [9.17, 15) is 5.11 Å². The zero-order valence-corrected chi connectivity index (χ0v) is 13.2. The molecule has 2 atom stereocenters. The number of nitrogens with one attached hydrogen (secondary N) is 1. The number of hydrogen-bond donors (Lipinski definition) is 2.